The summed E-state index contributed by atoms with van der Waals surface area (Å²) in [5.41, 5.74) is 2.89. The molecule has 0 aromatic heterocycles. The van der Waals surface area contributed by atoms with Gasteiger partial charge in [0.25, 0.3) is 5.91 Å². The summed E-state index contributed by atoms with van der Waals surface area (Å²) in [6.07, 6.45) is 3.59. The number of hydrogen-bond acceptors (Lipinski definition) is 2. The molecule has 3 heteroatoms. The Morgan fingerprint density at radius 1 is 0.917 bits per heavy atom. The van der Waals surface area contributed by atoms with Crippen molar-refractivity contribution in [2.45, 2.75) is 38.3 Å². The van der Waals surface area contributed by atoms with Gasteiger partial charge in [0.1, 0.15) is 5.78 Å². The second-order valence-electron chi connectivity index (χ2n) is 6.77. The molecule has 0 saturated heterocycles. The molecule has 2 aromatic rings. The smallest absolute Gasteiger partial charge is 0.255 e. The van der Waals surface area contributed by atoms with Crippen LogP contribution in [-0.2, 0) is 11.3 Å². The van der Waals surface area contributed by atoms with Crippen LogP contribution in [-0.4, -0.2) is 16.6 Å². The van der Waals surface area contributed by atoms with E-state index in [2.05, 4.69) is 0 Å². The van der Waals surface area contributed by atoms with E-state index in [4.69, 9.17) is 0 Å². The zero-order valence-corrected chi connectivity index (χ0v) is 13.7. The first-order chi connectivity index (χ1) is 11.8. The maximum atomic E-state index is 13.0. The molecule has 0 bridgehead atoms. The summed E-state index contributed by atoms with van der Waals surface area (Å²) in [5, 5.41) is 0. The van der Waals surface area contributed by atoms with Gasteiger partial charge in [-0.3, -0.25) is 9.59 Å². The molecule has 122 valence electrons. The average molecular weight is 319 g/mol. The number of fused-ring (bicyclic) bond motifs is 1. The normalized spacial score (nSPS) is 23.4. The number of amides is 1. The highest BCUT2D eigenvalue weighted by Crippen LogP contribution is 2.43. The predicted octanol–water partition coefficient (Wildman–Crippen LogP) is 4.14. The minimum absolute atomic E-state index is 0.0535. The maximum Gasteiger partial charge on any atom is 0.255 e. The number of benzene rings is 2. The molecule has 2 aromatic carbocycles. The maximum absolute atomic E-state index is 13.0. The van der Waals surface area contributed by atoms with Crippen LogP contribution < -0.4 is 0 Å². The van der Waals surface area contributed by atoms with Crippen molar-refractivity contribution in [2.24, 2.45) is 5.92 Å². The highest BCUT2D eigenvalue weighted by atomic mass is 16.2. The third-order valence-electron chi connectivity index (χ3n) is 5.29. The Bertz CT molecular complexity index is 768. The largest absolute Gasteiger partial charge is 0.327 e. The SMILES string of the molecule is O=C1CCCCC1C1c2ccccc2C(=O)N1Cc1ccccc1. The molecule has 1 saturated carbocycles. The van der Waals surface area contributed by atoms with Crippen molar-refractivity contribution >= 4 is 11.7 Å². The van der Waals surface area contributed by atoms with E-state index in [1.54, 1.807) is 0 Å². The van der Waals surface area contributed by atoms with E-state index >= 15 is 0 Å². The number of carbonyl (C=O) groups excluding carboxylic acids is 2. The number of nitrogens with zero attached hydrogens (tertiary/aromatic N) is 1. The lowest BCUT2D eigenvalue weighted by atomic mass is 9.80. The molecule has 0 spiro atoms. The van der Waals surface area contributed by atoms with Gasteiger partial charge in [-0.1, -0.05) is 55.0 Å². The fraction of sp³-hybridized carbons (Fsp3) is 0.333. The van der Waals surface area contributed by atoms with Crippen molar-refractivity contribution in [3.8, 4) is 0 Å². The van der Waals surface area contributed by atoms with Gasteiger partial charge in [0.2, 0.25) is 0 Å². The monoisotopic (exact) mass is 319 g/mol. The van der Waals surface area contributed by atoms with Crippen LogP contribution in [0.1, 0.15) is 53.2 Å². The first-order valence-corrected chi connectivity index (χ1v) is 8.72. The lowest BCUT2D eigenvalue weighted by molar-refractivity contribution is -0.126. The molecule has 1 aliphatic heterocycles. The lowest BCUT2D eigenvalue weighted by Gasteiger charge is -2.33. The molecule has 1 amide bonds. The molecule has 0 radical (unpaired) electrons. The lowest BCUT2D eigenvalue weighted by Crippen LogP contribution is -2.36. The van der Waals surface area contributed by atoms with E-state index in [0.717, 1.165) is 36.0 Å². The van der Waals surface area contributed by atoms with E-state index in [0.29, 0.717) is 18.7 Å². The molecule has 1 heterocycles. The molecular formula is C21H21NO2. The Morgan fingerprint density at radius 3 is 2.46 bits per heavy atom. The molecule has 2 unspecified atom stereocenters. The van der Waals surface area contributed by atoms with Crippen LogP contribution >= 0.6 is 0 Å². The van der Waals surface area contributed by atoms with Gasteiger partial charge in [-0.25, -0.2) is 0 Å². The van der Waals surface area contributed by atoms with Gasteiger partial charge in [-0.05, 0) is 30.0 Å². The summed E-state index contributed by atoms with van der Waals surface area (Å²) in [4.78, 5) is 27.4. The minimum atomic E-state index is -0.110. The highest BCUT2D eigenvalue weighted by Gasteiger charge is 2.43. The fourth-order valence-corrected chi connectivity index (χ4v) is 4.13. The number of ketones is 1. The number of Topliss-reactive ketones (excluding diaryl/α,β-unsaturated/α-hetero) is 1. The van der Waals surface area contributed by atoms with E-state index in [1.165, 1.54) is 0 Å². The summed E-state index contributed by atoms with van der Waals surface area (Å²) in [6, 6.07) is 17.7. The molecule has 4 rings (SSSR count). The van der Waals surface area contributed by atoms with Crippen LogP contribution in [0.2, 0.25) is 0 Å². The molecule has 1 fully saturated rings. The van der Waals surface area contributed by atoms with E-state index in [-0.39, 0.29) is 17.9 Å². The van der Waals surface area contributed by atoms with Gasteiger partial charge in [-0.15, -0.1) is 0 Å². The Morgan fingerprint density at radius 2 is 1.67 bits per heavy atom. The zero-order valence-electron chi connectivity index (χ0n) is 13.7. The van der Waals surface area contributed by atoms with Crippen molar-refractivity contribution in [1.82, 2.24) is 4.90 Å². The molecular weight excluding hydrogens is 298 g/mol. The van der Waals surface area contributed by atoms with Crippen LogP contribution in [0.3, 0.4) is 0 Å². The van der Waals surface area contributed by atoms with Crippen LogP contribution in [0.15, 0.2) is 54.6 Å². The molecule has 3 nitrogen and oxygen atoms in total. The van der Waals surface area contributed by atoms with E-state index < -0.39 is 0 Å². The number of rotatable bonds is 3. The first kappa shape index (κ1) is 15.1. The molecule has 0 N–H and O–H groups in total. The Hall–Kier alpha value is -2.42. The third-order valence-corrected chi connectivity index (χ3v) is 5.29. The van der Waals surface area contributed by atoms with Crippen molar-refractivity contribution in [3.05, 3.63) is 71.3 Å². The van der Waals surface area contributed by atoms with Gasteiger partial charge < -0.3 is 4.90 Å². The second-order valence-corrected chi connectivity index (χ2v) is 6.77. The summed E-state index contributed by atoms with van der Waals surface area (Å²) in [6.45, 7) is 0.558. The van der Waals surface area contributed by atoms with Gasteiger partial charge >= 0.3 is 0 Å². The van der Waals surface area contributed by atoms with Crippen molar-refractivity contribution in [3.63, 3.8) is 0 Å². The number of hydrogen-bond donors (Lipinski definition) is 0. The Labute approximate surface area is 142 Å². The topological polar surface area (TPSA) is 37.4 Å². The van der Waals surface area contributed by atoms with Gasteiger partial charge in [0, 0.05) is 24.4 Å². The van der Waals surface area contributed by atoms with E-state index in [9.17, 15) is 9.59 Å². The quantitative estimate of drug-likeness (QED) is 0.852. The summed E-state index contributed by atoms with van der Waals surface area (Å²) >= 11 is 0. The molecule has 2 aliphatic rings. The van der Waals surface area contributed by atoms with Crippen molar-refractivity contribution in [2.75, 3.05) is 0 Å². The summed E-state index contributed by atoms with van der Waals surface area (Å²) in [7, 11) is 0. The minimum Gasteiger partial charge on any atom is -0.327 e. The molecule has 24 heavy (non-hydrogen) atoms. The highest BCUT2D eigenvalue weighted by molar-refractivity contribution is 6.00. The van der Waals surface area contributed by atoms with Gasteiger partial charge in [-0.2, -0.15) is 0 Å². The Balaban J connectivity index is 1.73. The van der Waals surface area contributed by atoms with Crippen molar-refractivity contribution < 1.29 is 9.59 Å². The molecule has 1 aliphatic carbocycles. The number of carbonyl (C=O) groups is 2. The average Bonchev–Trinajstić information content (AvgIpc) is 2.89. The zero-order chi connectivity index (χ0) is 16.5. The van der Waals surface area contributed by atoms with Crippen LogP contribution in [0.4, 0.5) is 0 Å². The predicted molar refractivity (Wildman–Crippen MR) is 92.5 cm³/mol. The summed E-state index contributed by atoms with van der Waals surface area (Å²) < 4.78 is 0. The van der Waals surface area contributed by atoms with Crippen molar-refractivity contribution in [1.29, 1.82) is 0 Å². The second kappa shape index (κ2) is 6.23. The van der Waals surface area contributed by atoms with E-state index in [1.807, 2.05) is 59.5 Å². The standard InChI is InChI=1S/C21H21NO2/c23-19-13-7-6-12-18(19)20-16-10-4-5-11-17(16)21(24)22(20)14-15-8-2-1-3-9-15/h1-5,8-11,18,20H,6-7,12-14H2. The van der Waals surface area contributed by atoms with Crippen LogP contribution in [0.5, 0.6) is 0 Å². The fourth-order valence-electron chi connectivity index (χ4n) is 4.13. The first-order valence-electron chi connectivity index (χ1n) is 8.72. The van der Waals surface area contributed by atoms with Gasteiger partial charge in [0.05, 0.1) is 6.04 Å². The summed E-state index contributed by atoms with van der Waals surface area (Å²) in [5.74, 6) is 0.307. The third kappa shape index (κ3) is 2.54. The van der Waals surface area contributed by atoms with Gasteiger partial charge in [0.15, 0.2) is 0 Å². The Kier molecular flexibility index (Phi) is 3.93. The molecule has 2 atom stereocenters. The van der Waals surface area contributed by atoms with Crippen LogP contribution in [0.25, 0.3) is 0 Å². The van der Waals surface area contributed by atoms with Crippen LogP contribution in [0, 0.1) is 5.92 Å².